The van der Waals surface area contributed by atoms with Gasteiger partial charge in [0.05, 0.1) is 33.3 Å². The van der Waals surface area contributed by atoms with Gasteiger partial charge in [-0.3, -0.25) is 0 Å². The highest BCUT2D eigenvalue weighted by Gasteiger charge is 2.35. The SMILES string of the molecule is O=C1OC(=O)c2ccc3c4cc(-c5ccc(-n6c7ccc(N(c8ccccc8)c8ccccc8)cc7c7cc(N(c8ccccc8)c8ccccc8)ccc76)cc5)c5c6c(ccc(c7ccc1c2c73)c64)C(=O)OC5=O. The van der Waals surface area contributed by atoms with Crippen LogP contribution in [0.4, 0.5) is 34.1 Å². The van der Waals surface area contributed by atoms with E-state index in [-0.39, 0.29) is 5.56 Å². The quantitative estimate of drug-likeness (QED) is 0.0643. The zero-order valence-electron chi connectivity index (χ0n) is 39.7. The molecule has 0 saturated heterocycles. The van der Waals surface area contributed by atoms with Gasteiger partial charge in [-0.05, 0) is 165 Å². The summed E-state index contributed by atoms with van der Waals surface area (Å²) in [7, 11) is 0. The van der Waals surface area contributed by atoms with Gasteiger partial charge in [0.25, 0.3) is 0 Å². The first-order chi connectivity index (χ1) is 36.9. The van der Waals surface area contributed by atoms with E-state index in [1.807, 2.05) is 60.7 Å². The number of fused-ring (bicyclic) bond motifs is 5. The molecule has 0 unspecified atom stereocenters. The summed E-state index contributed by atoms with van der Waals surface area (Å²) < 4.78 is 12.9. The van der Waals surface area contributed by atoms with E-state index in [1.165, 1.54) is 0 Å². The van der Waals surface area contributed by atoms with E-state index in [2.05, 4.69) is 160 Å². The number of carbonyl (C=O) groups is 4. The number of carbonyl (C=O) groups excluding carboxylic acids is 4. The first-order valence-corrected chi connectivity index (χ1v) is 24.6. The highest BCUT2D eigenvalue weighted by Crippen LogP contribution is 2.49. The second kappa shape index (κ2) is 16.1. The Kier molecular flexibility index (Phi) is 9.06. The van der Waals surface area contributed by atoms with Crippen LogP contribution in [0.25, 0.3) is 81.7 Å². The monoisotopic (exact) mass is 967 g/mol. The predicted molar refractivity (Wildman–Crippen MR) is 296 cm³/mol. The maximum Gasteiger partial charge on any atom is 0.347 e. The minimum Gasteiger partial charge on any atom is -0.386 e. The molecule has 9 heteroatoms. The molecule has 15 rings (SSSR count). The molecule has 0 amide bonds. The van der Waals surface area contributed by atoms with Crippen molar-refractivity contribution in [2.75, 3.05) is 9.80 Å². The van der Waals surface area contributed by atoms with Gasteiger partial charge in [0.1, 0.15) is 0 Å². The van der Waals surface area contributed by atoms with Crippen LogP contribution in [0.3, 0.4) is 0 Å². The summed E-state index contributed by atoms with van der Waals surface area (Å²) in [5.74, 6) is -2.85. The average molecular weight is 968 g/mol. The van der Waals surface area contributed by atoms with Crippen LogP contribution in [0.2, 0.25) is 0 Å². The van der Waals surface area contributed by atoms with Crippen molar-refractivity contribution < 1.29 is 28.7 Å². The molecular formula is C66H37N3O6. The number of benzene rings is 12. The minimum absolute atomic E-state index is 0.288. The van der Waals surface area contributed by atoms with Gasteiger partial charge in [-0.1, -0.05) is 103 Å². The number of hydrogen-bond acceptors (Lipinski definition) is 8. The fourth-order valence-corrected chi connectivity index (χ4v) is 11.8. The Morgan fingerprint density at radius 1 is 0.293 bits per heavy atom. The topological polar surface area (TPSA) is 98.2 Å². The lowest BCUT2D eigenvalue weighted by Crippen LogP contribution is -2.21. The Morgan fingerprint density at radius 2 is 0.693 bits per heavy atom. The Bertz CT molecular complexity index is 4350. The van der Waals surface area contributed by atoms with Crippen molar-refractivity contribution >= 4 is 123 Å². The first kappa shape index (κ1) is 42.3. The summed E-state index contributed by atoms with van der Waals surface area (Å²) in [6.45, 7) is 0. The number of esters is 4. The van der Waals surface area contributed by atoms with E-state index in [9.17, 15) is 19.2 Å². The summed E-state index contributed by atoms with van der Waals surface area (Å²) in [5, 5.41) is 7.71. The van der Waals surface area contributed by atoms with Crippen molar-refractivity contribution in [2.24, 2.45) is 0 Å². The number of aromatic nitrogens is 1. The molecule has 352 valence electrons. The summed E-state index contributed by atoms with van der Waals surface area (Å²) in [5.41, 5.74) is 11.5. The Labute approximate surface area is 427 Å². The summed E-state index contributed by atoms with van der Waals surface area (Å²) >= 11 is 0. The van der Waals surface area contributed by atoms with E-state index in [0.717, 1.165) is 99.5 Å². The van der Waals surface area contributed by atoms with Gasteiger partial charge in [-0.25, -0.2) is 19.2 Å². The lowest BCUT2D eigenvalue weighted by Gasteiger charge is -2.26. The predicted octanol–water partition coefficient (Wildman–Crippen LogP) is 16.1. The van der Waals surface area contributed by atoms with E-state index in [0.29, 0.717) is 33.0 Å². The second-order valence-electron chi connectivity index (χ2n) is 19.0. The van der Waals surface area contributed by atoms with Crippen LogP contribution in [-0.2, 0) is 9.47 Å². The molecule has 0 saturated carbocycles. The summed E-state index contributed by atoms with van der Waals surface area (Å²) in [6, 6.07) is 75.6. The van der Waals surface area contributed by atoms with Gasteiger partial charge >= 0.3 is 23.9 Å². The molecule has 0 atom stereocenters. The Morgan fingerprint density at radius 3 is 1.15 bits per heavy atom. The molecule has 2 aliphatic rings. The molecule has 13 aromatic rings. The molecule has 0 aliphatic carbocycles. The van der Waals surface area contributed by atoms with Crippen LogP contribution in [0, 0.1) is 0 Å². The normalized spacial score (nSPS) is 13.1. The molecule has 0 bridgehead atoms. The third-order valence-electron chi connectivity index (χ3n) is 15.0. The maximum atomic E-state index is 14.2. The van der Waals surface area contributed by atoms with Gasteiger partial charge < -0.3 is 23.8 Å². The van der Waals surface area contributed by atoms with E-state index >= 15 is 0 Å². The number of rotatable bonds is 8. The minimum atomic E-state index is -0.728. The molecule has 3 heterocycles. The van der Waals surface area contributed by atoms with Crippen LogP contribution in [0.15, 0.2) is 224 Å². The van der Waals surface area contributed by atoms with Crippen molar-refractivity contribution in [1.29, 1.82) is 0 Å². The van der Waals surface area contributed by atoms with E-state index in [1.54, 1.807) is 18.2 Å². The average Bonchev–Trinajstić information content (AvgIpc) is 3.79. The van der Waals surface area contributed by atoms with Crippen molar-refractivity contribution in [3.8, 4) is 16.8 Å². The van der Waals surface area contributed by atoms with Gasteiger partial charge in [-0.15, -0.1) is 0 Å². The van der Waals surface area contributed by atoms with Crippen molar-refractivity contribution in [3.63, 3.8) is 0 Å². The molecule has 9 nitrogen and oxygen atoms in total. The maximum absolute atomic E-state index is 14.2. The van der Waals surface area contributed by atoms with Crippen LogP contribution < -0.4 is 9.80 Å². The van der Waals surface area contributed by atoms with Crippen LogP contribution >= 0.6 is 0 Å². The fraction of sp³-hybridized carbons (Fsp3) is 0. The number of ether oxygens (including phenoxy) is 2. The molecule has 1 aromatic heterocycles. The van der Waals surface area contributed by atoms with Crippen molar-refractivity contribution in [1.82, 2.24) is 4.57 Å². The first-order valence-electron chi connectivity index (χ1n) is 24.6. The van der Waals surface area contributed by atoms with E-state index in [4.69, 9.17) is 9.47 Å². The molecule has 0 spiro atoms. The molecule has 0 fully saturated rings. The van der Waals surface area contributed by atoms with Crippen molar-refractivity contribution in [2.45, 2.75) is 0 Å². The zero-order chi connectivity index (χ0) is 50.1. The lowest BCUT2D eigenvalue weighted by molar-refractivity contribution is 0.0373. The zero-order valence-corrected chi connectivity index (χ0v) is 39.7. The lowest BCUT2D eigenvalue weighted by atomic mass is 9.81. The number of hydrogen-bond donors (Lipinski definition) is 0. The molecular weight excluding hydrogens is 931 g/mol. The van der Waals surface area contributed by atoms with Gasteiger partial charge in [-0.2, -0.15) is 0 Å². The van der Waals surface area contributed by atoms with Crippen LogP contribution in [-0.4, -0.2) is 28.4 Å². The fourth-order valence-electron chi connectivity index (χ4n) is 11.8. The Hall–Kier alpha value is -10.4. The third-order valence-corrected chi connectivity index (χ3v) is 15.0. The number of nitrogens with zero attached hydrogens (tertiary/aromatic N) is 3. The number of anilines is 6. The number of para-hydroxylation sites is 4. The molecule has 0 N–H and O–H groups in total. The second-order valence-corrected chi connectivity index (χ2v) is 19.0. The highest BCUT2D eigenvalue weighted by molar-refractivity contribution is 6.41. The largest absolute Gasteiger partial charge is 0.386 e. The third kappa shape index (κ3) is 6.25. The Balaban J connectivity index is 0.949. The van der Waals surface area contributed by atoms with Gasteiger partial charge in [0, 0.05) is 61.4 Å². The van der Waals surface area contributed by atoms with Crippen LogP contribution in [0.5, 0.6) is 0 Å². The standard InChI is InChI=1S/C66H37N3O6/c70-63-49-30-27-46-47-28-32-51-61-59(47)55(48-29-31-50(64(71)74-63)60(49)58(46)48)37-52(62(61)66(73)75-65(51)72)38-21-23-43(24-22-38)69-56-33-25-44(67(39-13-5-1-6-14-39)40-15-7-2-8-16-40)35-53(56)54-36-45(26-34-57(54)69)68(41-17-9-3-10-18-41)42-19-11-4-12-20-42/h1-37H. The summed E-state index contributed by atoms with van der Waals surface area (Å²) in [4.78, 5) is 58.5. The highest BCUT2D eigenvalue weighted by atomic mass is 16.6. The number of cyclic esters (lactones) is 4. The molecule has 75 heavy (non-hydrogen) atoms. The molecule has 12 aromatic carbocycles. The van der Waals surface area contributed by atoms with Gasteiger partial charge in [0.2, 0.25) is 0 Å². The van der Waals surface area contributed by atoms with E-state index < -0.39 is 23.9 Å². The molecule has 2 aliphatic heterocycles. The summed E-state index contributed by atoms with van der Waals surface area (Å²) in [6.07, 6.45) is 0. The smallest absolute Gasteiger partial charge is 0.347 e. The molecule has 0 radical (unpaired) electrons. The van der Waals surface area contributed by atoms with Crippen molar-refractivity contribution in [3.05, 3.63) is 247 Å². The van der Waals surface area contributed by atoms with Crippen LogP contribution in [0.1, 0.15) is 41.4 Å². The van der Waals surface area contributed by atoms with Gasteiger partial charge in [0.15, 0.2) is 0 Å².